The first-order chi connectivity index (χ1) is 6.26. The molecule has 0 amide bonds. The fourth-order valence-corrected chi connectivity index (χ4v) is 4.05. The van der Waals surface area contributed by atoms with Gasteiger partial charge in [-0.3, -0.25) is 4.98 Å². The van der Waals surface area contributed by atoms with Crippen molar-refractivity contribution in [2.75, 3.05) is 21.1 Å². The molecule has 0 aromatic heterocycles. The second-order valence-corrected chi connectivity index (χ2v) is 6.91. The Kier molecular flexibility index (Phi) is 4.34. The van der Waals surface area contributed by atoms with E-state index in [9.17, 15) is 0 Å². The summed E-state index contributed by atoms with van der Waals surface area (Å²) in [6, 6.07) is 0.694. The van der Waals surface area contributed by atoms with Crippen LogP contribution in [0.15, 0.2) is 0 Å². The number of hydrogen-bond donors (Lipinski definition) is 4. The molecule has 0 atom stereocenters. The van der Waals surface area contributed by atoms with Crippen LogP contribution in [0.3, 0.4) is 0 Å². The lowest BCUT2D eigenvalue weighted by Gasteiger charge is -2.32. The van der Waals surface area contributed by atoms with Crippen molar-refractivity contribution in [2.45, 2.75) is 31.7 Å². The third-order valence-corrected chi connectivity index (χ3v) is 5.99. The molecule has 4 nitrogen and oxygen atoms in total. The lowest BCUT2D eigenvalue weighted by molar-refractivity contribution is 0.598. The summed E-state index contributed by atoms with van der Waals surface area (Å²) < 4.78 is 0. The van der Waals surface area contributed by atoms with E-state index in [2.05, 4.69) is 19.9 Å². The van der Waals surface area contributed by atoms with Crippen LogP contribution < -0.4 is 19.9 Å². The van der Waals surface area contributed by atoms with E-state index in [1.165, 1.54) is 25.7 Å². The Hall–Kier alpha value is 0.0569. The van der Waals surface area contributed by atoms with Crippen LogP contribution in [0.5, 0.6) is 0 Å². The molecule has 13 heavy (non-hydrogen) atoms. The third-order valence-electron chi connectivity index (χ3n) is 2.90. The van der Waals surface area contributed by atoms with Crippen molar-refractivity contribution in [3.8, 4) is 0 Å². The molecule has 78 valence electrons. The topological polar surface area (TPSA) is 48.1 Å². The molecule has 1 aliphatic carbocycles. The van der Waals surface area contributed by atoms with Gasteiger partial charge in [0.15, 0.2) is 0 Å². The van der Waals surface area contributed by atoms with Crippen molar-refractivity contribution >= 4 is 8.72 Å². The van der Waals surface area contributed by atoms with Crippen molar-refractivity contribution in [2.24, 2.45) is 0 Å². The summed E-state index contributed by atoms with van der Waals surface area (Å²) >= 11 is 0. The van der Waals surface area contributed by atoms with Crippen LogP contribution in [0.1, 0.15) is 25.7 Å². The van der Waals surface area contributed by atoms with Gasteiger partial charge in [-0.2, -0.15) is 0 Å². The van der Waals surface area contributed by atoms with E-state index in [1.807, 2.05) is 21.1 Å². The first kappa shape index (κ1) is 11.1. The minimum absolute atomic E-state index is 0.694. The molecule has 1 saturated carbocycles. The van der Waals surface area contributed by atoms with Crippen molar-refractivity contribution in [3.63, 3.8) is 0 Å². The van der Waals surface area contributed by atoms with Gasteiger partial charge in [-0.15, -0.1) is 0 Å². The highest BCUT2D eigenvalue weighted by atomic mass is 28.4. The Morgan fingerprint density at radius 3 is 1.77 bits per heavy atom. The Morgan fingerprint density at radius 2 is 1.38 bits per heavy atom. The molecule has 0 spiro atoms. The van der Waals surface area contributed by atoms with Crippen molar-refractivity contribution in [1.82, 2.24) is 19.9 Å². The minimum Gasteiger partial charge on any atom is -0.303 e. The van der Waals surface area contributed by atoms with E-state index in [-0.39, 0.29) is 0 Å². The fraction of sp³-hybridized carbons (Fsp3) is 1.00. The van der Waals surface area contributed by atoms with Crippen LogP contribution in [-0.4, -0.2) is 35.9 Å². The molecule has 0 aliphatic heterocycles. The molecule has 1 fully saturated rings. The molecule has 0 aromatic carbocycles. The first-order valence-electron chi connectivity index (χ1n) is 5.11. The summed E-state index contributed by atoms with van der Waals surface area (Å²) in [4.78, 5) is 13.7. The van der Waals surface area contributed by atoms with Gasteiger partial charge < -0.3 is 14.9 Å². The average Bonchev–Trinajstić information content (AvgIpc) is 2.67. The number of nitrogens with one attached hydrogen (secondary N) is 4. The lowest BCUT2D eigenvalue weighted by Crippen LogP contribution is -2.79. The maximum absolute atomic E-state index is 3.68. The molecule has 1 rings (SSSR count). The summed E-state index contributed by atoms with van der Waals surface area (Å²) in [5.74, 6) is 0. The summed E-state index contributed by atoms with van der Waals surface area (Å²) in [6.45, 7) is 0. The normalized spacial score (nSPS) is 19.6. The first-order valence-corrected chi connectivity index (χ1v) is 7.11. The van der Waals surface area contributed by atoms with E-state index >= 15 is 0 Å². The van der Waals surface area contributed by atoms with Crippen molar-refractivity contribution in [3.05, 3.63) is 0 Å². The molecule has 0 aromatic rings. The SMILES string of the molecule is CN[Si](NC)(NC)NC1CCCC1. The van der Waals surface area contributed by atoms with Crippen molar-refractivity contribution < 1.29 is 0 Å². The van der Waals surface area contributed by atoms with Gasteiger partial charge >= 0.3 is 8.72 Å². The summed E-state index contributed by atoms with van der Waals surface area (Å²) in [7, 11) is 4.22. The van der Waals surface area contributed by atoms with Crippen LogP contribution in [-0.2, 0) is 0 Å². The fourth-order valence-electron chi connectivity index (χ4n) is 1.97. The summed E-state index contributed by atoms with van der Waals surface area (Å²) in [5, 5.41) is 0. The van der Waals surface area contributed by atoms with Gasteiger partial charge in [0.2, 0.25) is 0 Å². The van der Waals surface area contributed by atoms with Crippen LogP contribution >= 0.6 is 0 Å². The van der Waals surface area contributed by atoms with Crippen LogP contribution in [0.2, 0.25) is 0 Å². The van der Waals surface area contributed by atoms with Gasteiger partial charge in [-0.25, -0.2) is 0 Å². The molecule has 5 heteroatoms. The predicted molar refractivity (Wildman–Crippen MR) is 58.3 cm³/mol. The van der Waals surface area contributed by atoms with Gasteiger partial charge in [-0.05, 0) is 34.0 Å². The highest BCUT2D eigenvalue weighted by Gasteiger charge is 2.33. The van der Waals surface area contributed by atoms with Crippen LogP contribution in [0.25, 0.3) is 0 Å². The largest absolute Gasteiger partial charge is 0.365 e. The Morgan fingerprint density at radius 1 is 0.923 bits per heavy atom. The molecule has 1 aliphatic rings. The predicted octanol–water partition coefficient (Wildman–Crippen LogP) is -0.388. The number of rotatable bonds is 5. The Bertz CT molecular complexity index is 135. The second kappa shape index (κ2) is 5.07. The van der Waals surface area contributed by atoms with Gasteiger partial charge in [0.05, 0.1) is 0 Å². The van der Waals surface area contributed by atoms with Crippen molar-refractivity contribution in [1.29, 1.82) is 0 Å². The molecule has 4 N–H and O–H groups in total. The zero-order valence-electron chi connectivity index (χ0n) is 8.91. The zero-order chi connectivity index (χ0) is 9.73. The van der Waals surface area contributed by atoms with Crippen LogP contribution in [0, 0.1) is 0 Å². The maximum Gasteiger partial charge on any atom is 0.365 e. The number of hydrogen-bond acceptors (Lipinski definition) is 4. The molecule has 0 unspecified atom stereocenters. The highest BCUT2D eigenvalue weighted by molar-refractivity contribution is 6.69. The van der Waals surface area contributed by atoms with E-state index in [0.717, 1.165) is 0 Å². The lowest BCUT2D eigenvalue weighted by atomic mass is 10.3. The maximum atomic E-state index is 3.68. The molecular formula is C8H22N4Si. The highest BCUT2D eigenvalue weighted by Crippen LogP contribution is 2.17. The van der Waals surface area contributed by atoms with Crippen LogP contribution in [0.4, 0.5) is 0 Å². The Balaban J connectivity index is 2.44. The Labute approximate surface area is 82.2 Å². The molecule has 0 radical (unpaired) electrons. The third kappa shape index (κ3) is 2.75. The van der Waals surface area contributed by atoms with Gasteiger partial charge in [0.1, 0.15) is 0 Å². The molecule has 0 heterocycles. The van der Waals surface area contributed by atoms with E-state index in [0.29, 0.717) is 6.04 Å². The summed E-state index contributed by atoms with van der Waals surface area (Å²) in [6.07, 6.45) is 5.39. The smallest absolute Gasteiger partial charge is 0.303 e. The van der Waals surface area contributed by atoms with E-state index in [4.69, 9.17) is 0 Å². The molecular weight excluding hydrogens is 180 g/mol. The molecule has 0 bridgehead atoms. The summed E-state index contributed by atoms with van der Waals surface area (Å²) in [5.41, 5.74) is 0. The van der Waals surface area contributed by atoms with Gasteiger partial charge in [0, 0.05) is 6.04 Å². The molecule has 0 saturated heterocycles. The van der Waals surface area contributed by atoms with E-state index in [1.54, 1.807) is 0 Å². The quantitative estimate of drug-likeness (QED) is 0.459. The van der Waals surface area contributed by atoms with Gasteiger partial charge in [0.25, 0.3) is 0 Å². The minimum atomic E-state index is -1.78. The zero-order valence-corrected chi connectivity index (χ0v) is 9.91. The monoisotopic (exact) mass is 202 g/mol. The second-order valence-electron chi connectivity index (χ2n) is 3.63. The van der Waals surface area contributed by atoms with E-state index < -0.39 is 8.72 Å². The average molecular weight is 202 g/mol. The van der Waals surface area contributed by atoms with Gasteiger partial charge in [-0.1, -0.05) is 12.8 Å². The standard InChI is InChI=1S/C8H22N4Si/c1-9-13(10-2,11-3)12-8-6-4-5-7-8/h8-12H,4-7H2,1-3H3.